The fourth-order valence-corrected chi connectivity index (χ4v) is 6.05. The summed E-state index contributed by atoms with van der Waals surface area (Å²) in [4.78, 5) is 24.5. The van der Waals surface area contributed by atoms with Crippen LogP contribution in [-0.2, 0) is 12.3 Å². The Labute approximate surface area is 181 Å². The third-order valence-electron chi connectivity index (χ3n) is 4.79. The van der Waals surface area contributed by atoms with Crippen LogP contribution in [0.4, 0.5) is 0 Å². The highest BCUT2D eigenvalue weighted by atomic mass is 32.2. The molecule has 5 nitrogen and oxygen atoms in total. The summed E-state index contributed by atoms with van der Waals surface area (Å²) in [5.74, 6) is 1.49. The molecule has 0 fully saturated rings. The summed E-state index contributed by atoms with van der Waals surface area (Å²) in [5, 5.41) is 4.53. The minimum Gasteiger partial charge on any atom is -0.497 e. The van der Waals surface area contributed by atoms with Crippen LogP contribution in [0, 0.1) is 13.8 Å². The van der Waals surface area contributed by atoms with Crippen molar-refractivity contribution >= 4 is 44.7 Å². The minimum absolute atomic E-state index is 0.0530. The number of hydrogen-bond donors (Lipinski definition) is 0. The number of aromatic nitrogens is 3. The van der Waals surface area contributed by atoms with Gasteiger partial charge in [0, 0.05) is 28.1 Å². The Kier molecular flexibility index (Phi) is 5.76. The molecule has 0 unspecified atom stereocenters. The first kappa shape index (κ1) is 20.1. The SMILES string of the molecule is CCn1c(SCc2csc(-c3cccc(OC)c3)n2)nc2sc(C)c(C)c2c1=O. The molecule has 0 aliphatic rings. The zero-order valence-electron chi connectivity index (χ0n) is 16.7. The molecule has 29 heavy (non-hydrogen) atoms. The third kappa shape index (κ3) is 3.84. The van der Waals surface area contributed by atoms with Crippen molar-refractivity contribution in [2.24, 2.45) is 0 Å². The highest BCUT2D eigenvalue weighted by Gasteiger charge is 2.16. The quantitative estimate of drug-likeness (QED) is 0.290. The van der Waals surface area contributed by atoms with Crippen LogP contribution < -0.4 is 10.3 Å². The number of fused-ring (bicyclic) bond motifs is 1. The van der Waals surface area contributed by atoms with Gasteiger partial charge in [0.15, 0.2) is 5.16 Å². The van der Waals surface area contributed by atoms with E-state index in [0.29, 0.717) is 12.3 Å². The monoisotopic (exact) mass is 443 g/mol. The average Bonchev–Trinajstić information content (AvgIpc) is 3.31. The van der Waals surface area contributed by atoms with Crippen LogP contribution in [-0.4, -0.2) is 21.6 Å². The smallest absolute Gasteiger partial charge is 0.263 e. The fraction of sp³-hybridized carbons (Fsp3) is 0.286. The molecule has 4 rings (SSSR count). The maximum atomic E-state index is 13.0. The second-order valence-corrected chi connectivity index (χ2v) is 9.58. The average molecular weight is 444 g/mol. The molecule has 0 bridgehead atoms. The predicted octanol–water partition coefficient (Wildman–Crippen LogP) is 5.52. The van der Waals surface area contributed by atoms with Crippen molar-refractivity contribution in [2.45, 2.75) is 38.2 Å². The zero-order valence-corrected chi connectivity index (χ0v) is 19.1. The van der Waals surface area contributed by atoms with Crippen molar-refractivity contribution in [1.29, 1.82) is 0 Å². The second-order valence-electron chi connectivity index (χ2n) is 6.57. The fourth-order valence-electron chi connectivity index (χ4n) is 3.10. The number of nitrogens with zero attached hydrogens (tertiary/aromatic N) is 3. The van der Waals surface area contributed by atoms with Crippen molar-refractivity contribution in [3.05, 3.63) is 56.1 Å². The first-order valence-electron chi connectivity index (χ1n) is 9.24. The normalized spacial score (nSPS) is 11.3. The van der Waals surface area contributed by atoms with E-state index in [4.69, 9.17) is 14.7 Å². The van der Waals surface area contributed by atoms with E-state index >= 15 is 0 Å². The number of ether oxygens (including phenoxy) is 1. The molecule has 0 aliphatic heterocycles. The Bertz CT molecular complexity index is 1240. The Hall–Kier alpha value is -2.16. The number of benzene rings is 1. The third-order valence-corrected chi connectivity index (χ3v) is 7.84. The van der Waals surface area contributed by atoms with Crippen molar-refractivity contribution in [3.8, 4) is 16.3 Å². The lowest BCUT2D eigenvalue weighted by Gasteiger charge is -2.09. The van der Waals surface area contributed by atoms with Gasteiger partial charge < -0.3 is 4.74 Å². The van der Waals surface area contributed by atoms with Crippen LogP contribution in [0.25, 0.3) is 20.8 Å². The molecule has 0 aliphatic carbocycles. The second kappa shape index (κ2) is 8.30. The molecule has 0 saturated heterocycles. The van der Waals surface area contributed by atoms with Crippen molar-refractivity contribution in [2.75, 3.05) is 7.11 Å². The molecular formula is C21H21N3O2S3. The van der Waals surface area contributed by atoms with E-state index < -0.39 is 0 Å². The molecule has 0 spiro atoms. The van der Waals surface area contributed by atoms with E-state index in [-0.39, 0.29) is 5.56 Å². The Morgan fingerprint density at radius 3 is 2.83 bits per heavy atom. The molecule has 0 amide bonds. The molecule has 0 saturated carbocycles. The Balaban J connectivity index is 1.60. The first-order chi connectivity index (χ1) is 14.0. The van der Waals surface area contributed by atoms with Crippen LogP contribution in [0.15, 0.2) is 39.6 Å². The van der Waals surface area contributed by atoms with Crippen LogP contribution in [0.1, 0.15) is 23.1 Å². The lowest BCUT2D eigenvalue weighted by molar-refractivity contribution is 0.415. The standard InChI is InChI=1S/C21H21N3O2S3/c1-5-24-20(25)17-12(2)13(3)29-19(17)23-21(24)28-11-15-10-27-18(22-15)14-7-6-8-16(9-14)26-4/h6-10H,5,11H2,1-4H3. The van der Waals surface area contributed by atoms with Crippen LogP contribution in [0.3, 0.4) is 0 Å². The van der Waals surface area contributed by atoms with Crippen molar-refractivity contribution in [3.63, 3.8) is 0 Å². The van der Waals surface area contributed by atoms with E-state index in [1.165, 1.54) is 0 Å². The van der Waals surface area contributed by atoms with E-state index in [1.807, 2.05) is 45.0 Å². The van der Waals surface area contributed by atoms with Gasteiger partial charge in [-0.1, -0.05) is 23.9 Å². The van der Waals surface area contributed by atoms with Crippen LogP contribution >= 0.6 is 34.4 Å². The van der Waals surface area contributed by atoms with Gasteiger partial charge in [0.1, 0.15) is 15.6 Å². The molecular weight excluding hydrogens is 422 g/mol. The van der Waals surface area contributed by atoms with Crippen LogP contribution in [0.5, 0.6) is 5.75 Å². The van der Waals surface area contributed by atoms with Gasteiger partial charge in [-0.2, -0.15) is 0 Å². The molecule has 1 aromatic carbocycles. The summed E-state index contributed by atoms with van der Waals surface area (Å²) >= 11 is 4.76. The minimum atomic E-state index is 0.0530. The predicted molar refractivity (Wildman–Crippen MR) is 123 cm³/mol. The number of methoxy groups -OCH3 is 1. The van der Waals surface area contributed by atoms with Crippen LogP contribution in [0.2, 0.25) is 0 Å². The highest BCUT2D eigenvalue weighted by Crippen LogP contribution is 2.31. The van der Waals surface area contributed by atoms with Gasteiger partial charge in [0.25, 0.3) is 5.56 Å². The molecule has 3 aromatic heterocycles. The highest BCUT2D eigenvalue weighted by molar-refractivity contribution is 7.98. The Morgan fingerprint density at radius 2 is 2.07 bits per heavy atom. The Morgan fingerprint density at radius 1 is 1.24 bits per heavy atom. The first-order valence-corrected chi connectivity index (χ1v) is 11.9. The van der Waals surface area contributed by atoms with Gasteiger partial charge in [0.2, 0.25) is 0 Å². The van der Waals surface area contributed by atoms with E-state index in [2.05, 4.69) is 5.38 Å². The summed E-state index contributed by atoms with van der Waals surface area (Å²) < 4.78 is 7.07. The number of rotatable bonds is 6. The van der Waals surface area contributed by atoms with Gasteiger partial charge in [-0.15, -0.1) is 22.7 Å². The van der Waals surface area contributed by atoms with Gasteiger partial charge in [-0.05, 0) is 38.5 Å². The lowest BCUT2D eigenvalue weighted by Crippen LogP contribution is -2.22. The number of hydrogen-bond acceptors (Lipinski definition) is 7. The molecule has 0 atom stereocenters. The van der Waals surface area contributed by atoms with Gasteiger partial charge in [0.05, 0.1) is 18.2 Å². The molecule has 8 heteroatoms. The molecule has 0 radical (unpaired) electrons. The molecule has 0 N–H and O–H groups in total. The van der Waals surface area contributed by atoms with Gasteiger partial charge in [-0.25, -0.2) is 9.97 Å². The van der Waals surface area contributed by atoms with Gasteiger partial charge >= 0.3 is 0 Å². The maximum absolute atomic E-state index is 13.0. The number of thioether (sulfide) groups is 1. The van der Waals surface area contributed by atoms with E-state index in [9.17, 15) is 4.79 Å². The molecule has 4 aromatic rings. The van der Waals surface area contributed by atoms with Crippen molar-refractivity contribution in [1.82, 2.24) is 14.5 Å². The zero-order chi connectivity index (χ0) is 20.5. The maximum Gasteiger partial charge on any atom is 0.263 e. The largest absolute Gasteiger partial charge is 0.497 e. The summed E-state index contributed by atoms with van der Waals surface area (Å²) in [7, 11) is 1.66. The number of thiazole rings is 1. The number of aryl methyl sites for hydroxylation is 2. The molecule has 3 heterocycles. The summed E-state index contributed by atoms with van der Waals surface area (Å²) in [6, 6.07) is 7.91. The lowest BCUT2D eigenvalue weighted by atomic mass is 10.2. The van der Waals surface area contributed by atoms with Gasteiger partial charge in [-0.3, -0.25) is 9.36 Å². The summed E-state index contributed by atoms with van der Waals surface area (Å²) in [6.45, 7) is 6.63. The number of thiophene rings is 1. The summed E-state index contributed by atoms with van der Waals surface area (Å²) in [6.07, 6.45) is 0. The van der Waals surface area contributed by atoms with Crippen molar-refractivity contribution < 1.29 is 4.74 Å². The van der Waals surface area contributed by atoms with E-state index in [1.54, 1.807) is 46.1 Å². The topological polar surface area (TPSA) is 57.0 Å². The molecule has 150 valence electrons. The summed E-state index contributed by atoms with van der Waals surface area (Å²) in [5.41, 5.74) is 3.12. The van der Waals surface area contributed by atoms with E-state index in [0.717, 1.165) is 47.8 Å².